The van der Waals surface area contributed by atoms with Gasteiger partial charge in [0.25, 0.3) is 0 Å². The summed E-state index contributed by atoms with van der Waals surface area (Å²) >= 11 is 0. The van der Waals surface area contributed by atoms with Gasteiger partial charge in [-0.1, -0.05) is 78.1 Å². The Kier molecular flexibility index (Phi) is 15.9. The summed E-state index contributed by atoms with van der Waals surface area (Å²) in [4.78, 5) is 0. The normalized spacial score (nSPS) is 10.9. The molecule has 0 aliphatic rings. The molecule has 0 N–H and O–H groups in total. The second-order valence-corrected chi connectivity index (χ2v) is 4.86. The van der Waals surface area contributed by atoms with Crippen molar-refractivity contribution in [2.24, 2.45) is 0 Å². The fourth-order valence-corrected chi connectivity index (χ4v) is 2.02. The number of unbranched alkanes of at least 4 members (excludes halogenated alkanes) is 10. The van der Waals surface area contributed by atoms with E-state index in [1.165, 1.54) is 70.6 Å². The fourth-order valence-electron chi connectivity index (χ4n) is 2.02. The van der Waals surface area contributed by atoms with E-state index < -0.39 is 0 Å². The van der Waals surface area contributed by atoms with E-state index in [9.17, 15) is 0 Å². The van der Waals surface area contributed by atoms with E-state index in [1.807, 2.05) is 0 Å². The summed E-state index contributed by atoms with van der Waals surface area (Å²) in [5, 5.41) is 0. The maximum absolute atomic E-state index is 5.28. The van der Waals surface area contributed by atoms with Gasteiger partial charge in [0.1, 0.15) is 0 Å². The Morgan fingerprint density at radius 1 is 0.765 bits per heavy atom. The van der Waals surface area contributed by atoms with Crippen molar-refractivity contribution < 1.29 is 4.74 Å². The van der Waals surface area contributed by atoms with Crippen LogP contribution in [0, 0.1) is 13.5 Å². The summed E-state index contributed by atoms with van der Waals surface area (Å²) < 4.78 is 5.28. The first-order valence-corrected chi connectivity index (χ1v) is 7.64. The first-order valence-electron chi connectivity index (χ1n) is 7.64. The third kappa shape index (κ3) is 16.0. The first-order chi connectivity index (χ1) is 8.41. The molecule has 0 aliphatic heterocycles. The lowest BCUT2D eigenvalue weighted by atomic mass is 10.1. The molecule has 0 saturated heterocycles. The fraction of sp³-hybridized carbons (Fsp3) is 0.875. The van der Waals surface area contributed by atoms with Crippen LogP contribution in [0.2, 0.25) is 0 Å². The second kappa shape index (κ2) is 16.0. The molecule has 2 radical (unpaired) electrons. The Hall–Kier alpha value is -0.0400. The molecule has 102 valence electrons. The van der Waals surface area contributed by atoms with Crippen molar-refractivity contribution >= 4 is 0 Å². The molecule has 0 saturated carbocycles. The Bertz CT molecular complexity index is 109. The second-order valence-electron chi connectivity index (χ2n) is 4.86. The van der Waals surface area contributed by atoms with Crippen LogP contribution in [0.15, 0.2) is 0 Å². The van der Waals surface area contributed by atoms with E-state index in [2.05, 4.69) is 13.8 Å². The summed E-state index contributed by atoms with van der Waals surface area (Å²) in [6, 6.07) is 0. The zero-order chi connectivity index (χ0) is 12.6. The van der Waals surface area contributed by atoms with Crippen molar-refractivity contribution in [1.29, 1.82) is 0 Å². The van der Waals surface area contributed by atoms with E-state index >= 15 is 0 Å². The van der Waals surface area contributed by atoms with Gasteiger partial charge >= 0.3 is 0 Å². The van der Waals surface area contributed by atoms with E-state index in [-0.39, 0.29) is 0 Å². The highest BCUT2D eigenvalue weighted by Crippen LogP contribution is 2.11. The van der Waals surface area contributed by atoms with Gasteiger partial charge in [-0.15, -0.1) is 0 Å². The predicted octanol–water partition coefficient (Wildman–Crippen LogP) is 5.70. The van der Waals surface area contributed by atoms with Crippen LogP contribution in [-0.2, 0) is 4.74 Å². The van der Waals surface area contributed by atoms with Crippen LogP contribution in [0.3, 0.4) is 0 Å². The van der Waals surface area contributed by atoms with E-state index in [0.717, 1.165) is 13.0 Å². The Morgan fingerprint density at radius 2 is 1.24 bits per heavy atom. The lowest BCUT2D eigenvalue weighted by molar-refractivity contribution is 0.190. The average molecular weight is 240 g/mol. The van der Waals surface area contributed by atoms with Crippen LogP contribution in [0.1, 0.15) is 84.0 Å². The lowest BCUT2D eigenvalue weighted by Crippen LogP contribution is -1.91. The van der Waals surface area contributed by atoms with Crippen LogP contribution in [0.25, 0.3) is 0 Å². The van der Waals surface area contributed by atoms with Crippen molar-refractivity contribution in [2.75, 3.05) is 6.61 Å². The minimum absolute atomic E-state index is 0.776. The lowest BCUT2D eigenvalue weighted by Gasteiger charge is -2.03. The number of hydrogen-bond acceptors (Lipinski definition) is 1. The molecular weight excluding hydrogens is 208 g/mol. The molecule has 0 fully saturated rings. The Morgan fingerprint density at radius 3 is 1.71 bits per heavy atom. The molecule has 0 bridgehead atoms. The predicted molar refractivity (Wildman–Crippen MR) is 76.7 cm³/mol. The molecular formula is C16H32O. The largest absolute Gasteiger partial charge is 0.376 e. The molecule has 0 aromatic heterocycles. The van der Waals surface area contributed by atoms with E-state index in [4.69, 9.17) is 4.74 Å². The maximum Gasteiger partial charge on any atom is 0.0836 e. The summed E-state index contributed by atoms with van der Waals surface area (Å²) in [5.74, 6) is 0. The molecule has 0 unspecified atom stereocenters. The zero-order valence-corrected chi connectivity index (χ0v) is 11.9. The Labute approximate surface area is 109 Å². The van der Waals surface area contributed by atoms with Crippen molar-refractivity contribution in [3.63, 3.8) is 0 Å². The highest BCUT2D eigenvalue weighted by molar-refractivity contribution is 4.52. The number of ether oxygens (including phenoxy) is 1. The molecule has 0 spiro atoms. The molecule has 0 amide bonds. The third-order valence-corrected chi connectivity index (χ3v) is 3.10. The van der Waals surface area contributed by atoms with Gasteiger partial charge in [-0.25, -0.2) is 0 Å². The number of hydrogen-bond donors (Lipinski definition) is 0. The van der Waals surface area contributed by atoms with Gasteiger partial charge in [-0.3, -0.25) is 0 Å². The highest BCUT2D eigenvalue weighted by atomic mass is 16.5. The minimum Gasteiger partial charge on any atom is -0.376 e. The van der Waals surface area contributed by atoms with E-state index in [0.29, 0.717) is 0 Å². The van der Waals surface area contributed by atoms with Gasteiger partial charge in [0.15, 0.2) is 0 Å². The molecule has 0 heterocycles. The molecule has 0 rings (SSSR count). The quantitative estimate of drug-likeness (QED) is 0.354. The maximum atomic E-state index is 5.28. The topological polar surface area (TPSA) is 9.23 Å². The van der Waals surface area contributed by atoms with Crippen molar-refractivity contribution in [3.05, 3.63) is 13.5 Å². The molecule has 0 aromatic rings. The van der Waals surface area contributed by atoms with Gasteiger partial charge in [0, 0.05) is 6.61 Å². The first kappa shape index (κ1) is 17.0. The zero-order valence-electron chi connectivity index (χ0n) is 11.9. The standard InChI is InChI=1S/C16H32O/c1-3-5-6-7-8-9-10-11-12-13-14-16-17-15-4-2/h15H,2-14,16H2,1H3. The highest BCUT2D eigenvalue weighted by Gasteiger charge is 1.93. The average Bonchev–Trinajstić information content (AvgIpc) is 2.35. The van der Waals surface area contributed by atoms with Crippen LogP contribution < -0.4 is 0 Å². The van der Waals surface area contributed by atoms with Crippen LogP contribution >= 0.6 is 0 Å². The Balaban J connectivity index is 2.85. The summed E-state index contributed by atoms with van der Waals surface area (Å²) in [6.07, 6.45) is 16.1. The molecule has 0 atom stereocenters. The molecule has 0 aromatic carbocycles. The molecule has 1 heteroatoms. The smallest absolute Gasteiger partial charge is 0.0836 e. The van der Waals surface area contributed by atoms with Crippen LogP contribution in [0.4, 0.5) is 0 Å². The van der Waals surface area contributed by atoms with Crippen molar-refractivity contribution in [1.82, 2.24) is 0 Å². The van der Waals surface area contributed by atoms with Gasteiger partial charge < -0.3 is 4.74 Å². The monoisotopic (exact) mass is 240 g/mol. The van der Waals surface area contributed by atoms with Crippen LogP contribution in [-0.4, -0.2) is 6.61 Å². The van der Waals surface area contributed by atoms with Gasteiger partial charge in [-0.2, -0.15) is 0 Å². The van der Waals surface area contributed by atoms with Crippen LogP contribution in [0.5, 0.6) is 0 Å². The van der Waals surface area contributed by atoms with Gasteiger partial charge in [0.2, 0.25) is 0 Å². The van der Waals surface area contributed by atoms with E-state index in [1.54, 1.807) is 6.61 Å². The summed E-state index contributed by atoms with van der Waals surface area (Å²) in [5.41, 5.74) is 0. The van der Waals surface area contributed by atoms with Gasteiger partial charge in [-0.05, 0) is 12.8 Å². The van der Waals surface area contributed by atoms with Gasteiger partial charge in [0.05, 0.1) is 6.61 Å². The minimum atomic E-state index is 0.776. The summed E-state index contributed by atoms with van der Waals surface area (Å²) in [6.45, 7) is 8.66. The molecule has 1 nitrogen and oxygen atoms in total. The molecule has 0 aliphatic carbocycles. The molecule has 17 heavy (non-hydrogen) atoms. The third-order valence-electron chi connectivity index (χ3n) is 3.10. The van der Waals surface area contributed by atoms with Crippen molar-refractivity contribution in [3.8, 4) is 0 Å². The summed E-state index contributed by atoms with van der Waals surface area (Å²) in [7, 11) is 0. The SMILES string of the molecule is [CH2]C[CH]OCCCCCCCCCCCCC. The number of rotatable bonds is 14. The van der Waals surface area contributed by atoms with Crippen molar-refractivity contribution in [2.45, 2.75) is 84.0 Å².